The van der Waals surface area contributed by atoms with Crippen LogP contribution in [0.5, 0.6) is 0 Å². The lowest BCUT2D eigenvalue weighted by Gasteiger charge is -2.22. The van der Waals surface area contributed by atoms with Gasteiger partial charge in [-0.1, -0.05) is 42.5 Å². The van der Waals surface area contributed by atoms with E-state index in [-0.39, 0.29) is 5.91 Å². The van der Waals surface area contributed by atoms with E-state index in [1.54, 1.807) is 0 Å². The van der Waals surface area contributed by atoms with Crippen LogP contribution in [0.15, 0.2) is 42.5 Å². The fourth-order valence-corrected chi connectivity index (χ4v) is 3.76. The van der Waals surface area contributed by atoms with Gasteiger partial charge in [-0.3, -0.25) is 14.6 Å². The largest absolute Gasteiger partial charge is 0.324 e. The van der Waals surface area contributed by atoms with Gasteiger partial charge in [-0.25, -0.2) is 0 Å². The topological polar surface area (TPSA) is 35.6 Å². The second kappa shape index (κ2) is 9.16. The van der Waals surface area contributed by atoms with Crippen LogP contribution in [0.25, 0.3) is 0 Å². The van der Waals surface area contributed by atoms with Crippen molar-refractivity contribution < 1.29 is 4.79 Å². The molecule has 4 nitrogen and oxygen atoms in total. The first-order valence-corrected chi connectivity index (χ1v) is 9.88. The molecule has 0 atom stereocenters. The van der Waals surface area contributed by atoms with Crippen LogP contribution in [-0.4, -0.2) is 48.4 Å². The number of hydrogen-bond donors (Lipinski definition) is 1. The number of para-hydroxylation sites is 1. The summed E-state index contributed by atoms with van der Waals surface area (Å²) in [5.41, 5.74) is 5.94. The Labute approximate surface area is 163 Å². The molecule has 27 heavy (non-hydrogen) atoms. The highest BCUT2D eigenvalue weighted by Gasteiger charge is 2.18. The van der Waals surface area contributed by atoms with Gasteiger partial charge >= 0.3 is 0 Å². The molecule has 2 aromatic rings. The molecule has 1 amide bonds. The van der Waals surface area contributed by atoms with E-state index in [1.165, 1.54) is 11.1 Å². The van der Waals surface area contributed by atoms with E-state index in [0.717, 1.165) is 56.0 Å². The lowest BCUT2D eigenvalue weighted by atomic mass is 10.1. The highest BCUT2D eigenvalue weighted by atomic mass is 16.2. The molecule has 0 aromatic heterocycles. The number of nitrogens with one attached hydrogen (secondary N) is 1. The second-order valence-corrected chi connectivity index (χ2v) is 7.65. The summed E-state index contributed by atoms with van der Waals surface area (Å²) in [5.74, 6) is 0.0831. The van der Waals surface area contributed by atoms with Crippen molar-refractivity contribution in [3.8, 4) is 0 Å². The van der Waals surface area contributed by atoms with Crippen molar-refractivity contribution >= 4 is 11.6 Å². The highest BCUT2D eigenvalue weighted by molar-refractivity contribution is 5.93. The Morgan fingerprint density at radius 1 is 0.852 bits per heavy atom. The highest BCUT2D eigenvalue weighted by Crippen LogP contribution is 2.19. The van der Waals surface area contributed by atoms with E-state index in [1.807, 2.05) is 32.0 Å². The van der Waals surface area contributed by atoms with Gasteiger partial charge in [-0.2, -0.15) is 0 Å². The van der Waals surface area contributed by atoms with Gasteiger partial charge in [0.15, 0.2) is 0 Å². The molecule has 1 aliphatic heterocycles. The van der Waals surface area contributed by atoms with Crippen LogP contribution in [0.3, 0.4) is 0 Å². The molecule has 0 radical (unpaired) electrons. The average molecular weight is 366 g/mol. The van der Waals surface area contributed by atoms with Crippen LogP contribution in [0.4, 0.5) is 5.69 Å². The Kier molecular flexibility index (Phi) is 6.64. The summed E-state index contributed by atoms with van der Waals surface area (Å²) in [4.78, 5) is 17.3. The normalized spacial score (nSPS) is 16.1. The Balaban J connectivity index is 1.52. The van der Waals surface area contributed by atoms with E-state index in [0.29, 0.717) is 6.54 Å². The van der Waals surface area contributed by atoms with Gasteiger partial charge < -0.3 is 5.32 Å². The predicted octanol–water partition coefficient (Wildman–Crippen LogP) is 3.76. The molecule has 0 unspecified atom stereocenters. The molecule has 0 spiro atoms. The summed E-state index contributed by atoms with van der Waals surface area (Å²) in [6.45, 7) is 11.7. The summed E-state index contributed by atoms with van der Waals surface area (Å²) >= 11 is 0. The zero-order valence-corrected chi connectivity index (χ0v) is 16.8. The van der Waals surface area contributed by atoms with E-state index >= 15 is 0 Å². The van der Waals surface area contributed by atoms with Gasteiger partial charge in [-0.05, 0) is 62.5 Å². The van der Waals surface area contributed by atoms with Crippen molar-refractivity contribution in [3.05, 3.63) is 64.7 Å². The minimum absolute atomic E-state index is 0.0831. The van der Waals surface area contributed by atoms with Gasteiger partial charge in [-0.15, -0.1) is 0 Å². The number of amides is 1. The van der Waals surface area contributed by atoms with Crippen LogP contribution in [0, 0.1) is 20.8 Å². The summed E-state index contributed by atoms with van der Waals surface area (Å²) in [7, 11) is 0. The maximum Gasteiger partial charge on any atom is 0.238 e. The van der Waals surface area contributed by atoms with Crippen LogP contribution in [0.1, 0.15) is 28.7 Å². The quantitative estimate of drug-likeness (QED) is 0.876. The third-order valence-corrected chi connectivity index (χ3v) is 5.45. The molecule has 1 aliphatic rings. The number of benzene rings is 2. The Bertz CT molecular complexity index is 767. The third kappa shape index (κ3) is 5.41. The second-order valence-electron chi connectivity index (χ2n) is 7.65. The number of anilines is 1. The van der Waals surface area contributed by atoms with Crippen LogP contribution < -0.4 is 5.32 Å². The van der Waals surface area contributed by atoms with Crippen LogP contribution in [0.2, 0.25) is 0 Å². The molecule has 1 heterocycles. The summed E-state index contributed by atoms with van der Waals surface area (Å²) < 4.78 is 0. The summed E-state index contributed by atoms with van der Waals surface area (Å²) in [6.07, 6.45) is 1.10. The lowest BCUT2D eigenvalue weighted by Crippen LogP contribution is -2.36. The monoisotopic (exact) mass is 365 g/mol. The van der Waals surface area contributed by atoms with Crippen molar-refractivity contribution in [2.45, 2.75) is 33.7 Å². The number of nitrogens with zero attached hydrogens (tertiary/aromatic N) is 2. The first-order valence-electron chi connectivity index (χ1n) is 9.88. The average Bonchev–Trinajstić information content (AvgIpc) is 2.85. The minimum atomic E-state index is 0.0831. The standard InChI is InChI=1S/C23H31N3O/c1-18-8-4-5-11-21(18)16-25-12-7-13-26(15-14-25)17-22(27)24-23-19(2)9-6-10-20(23)3/h4-6,8-11H,7,12-17H2,1-3H3,(H,24,27). The molecule has 1 saturated heterocycles. The first kappa shape index (κ1) is 19.6. The zero-order chi connectivity index (χ0) is 19.2. The molecule has 2 aromatic carbocycles. The molecular formula is C23H31N3O. The number of aryl methyl sites for hydroxylation is 3. The molecule has 3 rings (SSSR count). The predicted molar refractivity (Wildman–Crippen MR) is 112 cm³/mol. The lowest BCUT2D eigenvalue weighted by molar-refractivity contribution is -0.117. The van der Waals surface area contributed by atoms with E-state index in [9.17, 15) is 4.79 Å². The molecule has 144 valence electrons. The smallest absolute Gasteiger partial charge is 0.238 e. The molecule has 1 fully saturated rings. The Morgan fingerprint density at radius 2 is 1.48 bits per heavy atom. The number of hydrogen-bond acceptors (Lipinski definition) is 3. The summed E-state index contributed by atoms with van der Waals surface area (Å²) in [5, 5.41) is 3.11. The zero-order valence-electron chi connectivity index (χ0n) is 16.8. The molecule has 0 bridgehead atoms. The number of carbonyl (C=O) groups is 1. The number of carbonyl (C=O) groups excluding carboxylic acids is 1. The molecule has 4 heteroatoms. The van der Waals surface area contributed by atoms with Crippen molar-refractivity contribution in [1.29, 1.82) is 0 Å². The summed E-state index contributed by atoms with van der Waals surface area (Å²) in [6, 6.07) is 14.7. The molecule has 0 aliphatic carbocycles. The first-order chi connectivity index (χ1) is 13.0. The molecule has 0 saturated carbocycles. The van der Waals surface area contributed by atoms with Crippen molar-refractivity contribution in [2.24, 2.45) is 0 Å². The maximum atomic E-state index is 12.5. The van der Waals surface area contributed by atoms with Gasteiger partial charge in [0.2, 0.25) is 5.91 Å². The van der Waals surface area contributed by atoms with Gasteiger partial charge in [0.05, 0.1) is 6.54 Å². The Hall–Kier alpha value is -2.17. The van der Waals surface area contributed by atoms with Crippen molar-refractivity contribution in [1.82, 2.24) is 9.80 Å². The van der Waals surface area contributed by atoms with Gasteiger partial charge in [0.25, 0.3) is 0 Å². The fourth-order valence-electron chi connectivity index (χ4n) is 3.76. The fraction of sp³-hybridized carbons (Fsp3) is 0.435. The van der Waals surface area contributed by atoms with E-state index in [2.05, 4.69) is 46.3 Å². The number of rotatable bonds is 5. The van der Waals surface area contributed by atoms with Gasteiger partial charge in [0, 0.05) is 25.3 Å². The molecular weight excluding hydrogens is 334 g/mol. The van der Waals surface area contributed by atoms with E-state index in [4.69, 9.17) is 0 Å². The van der Waals surface area contributed by atoms with Crippen molar-refractivity contribution in [2.75, 3.05) is 38.0 Å². The minimum Gasteiger partial charge on any atom is -0.324 e. The van der Waals surface area contributed by atoms with Gasteiger partial charge in [0.1, 0.15) is 0 Å². The van der Waals surface area contributed by atoms with Crippen molar-refractivity contribution in [3.63, 3.8) is 0 Å². The Morgan fingerprint density at radius 3 is 2.22 bits per heavy atom. The van der Waals surface area contributed by atoms with Crippen LogP contribution in [-0.2, 0) is 11.3 Å². The SMILES string of the molecule is Cc1ccccc1CN1CCCN(CC(=O)Nc2c(C)cccc2C)CC1. The maximum absolute atomic E-state index is 12.5. The van der Waals surface area contributed by atoms with E-state index < -0.39 is 0 Å². The van der Waals surface area contributed by atoms with Crippen LogP contribution >= 0.6 is 0 Å². The molecule has 1 N–H and O–H groups in total. The third-order valence-electron chi connectivity index (χ3n) is 5.45.